The molecule has 0 radical (unpaired) electrons. The molecule has 2 aromatic carbocycles. The van der Waals surface area contributed by atoms with Crippen LogP contribution in [0.15, 0.2) is 45.8 Å². The molecule has 4 nitrogen and oxygen atoms in total. The maximum absolute atomic E-state index is 13.7. The van der Waals surface area contributed by atoms with Gasteiger partial charge in [-0.1, -0.05) is 18.2 Å². The average Bonchev–Trinajstić information content (AvgIpc) is 2.42. The Hall–Kier alpha value is -1.44. The predicted molar refractivity (Wildman–Crippen MR) is 82.0 cm³/mol. The zero-order valence-corrected chi connectivity index (χ0v) is 13.5. The Morgan fingerprint density at radius 3 is 2.57 bits per heavy atom. The summed E-state index contributed by atoms with van der Waals surface area (Å²) in [5.41, 5.74) is 0.986. The number of aryl methyl sites for hydroxylation is 1. The standard InChI is InChI=1S/C14H13BrFNO3S/c1-9-3-2-4-12(16)14(9)17-21(19,20)13-6-5-10(8-18)7-11(13)15/h2-7,17-18H,8H2,1H3. The highest BCUT2D eigenvalue weighted by Gasteiger charge is 2.20. The van der Waals surface area contributed by atoms with Crippen LogP contribution >= 0.6 is 15.9 Å². The molecular formula is C14H13BrFNO3S. The van der Waals surface area contributed by atoms with Gasteiger partial charge in [-0.05, 0) is 52.2 Å². The summed E-state index contributed by atoms with van der Waals surface area (Å²) in [7, 11) is -3.93. The number of halogens is 2. The van der Waals surface area contributed by atoms with Gasteiger partial charge < -0.3 is 5.11 Å². The van der Waals surface area contributed by atoms with E-state index in [1.165, 1.54) is 30.3 Å². The lowest BCUT2D eigenvalue weighted by atomic mass is 10.2. The van der Waals surface area contributed by atoms with E-state index in [1.807, 2.05) is 0 Å². The van der Waals surface area contributed by atoms with Crippen LogP contribution in [0.25, 0.3) is 0 Å². The summed E-state index contributed by atoms with van der Waals surface area (Å²) in [6, 6.07) is 8.67. The van der Waals surface area contributed by atoms with Crippen LogP contribution in [0, 0.1) is 12.7 Å². The minimum absolute atomic E-state index is 0.0256. The normalized spacial score (nSPS) is 11.4. The van der Waals surface area contributed by atoms with Crippen molar-refractivity contribution in [2.24, 2.45) is 0 Å². The summed E-state index contributed by atoms with van der Waals surface area (Å²) in [5.74, 6) is -0.637. The molecule has 0 aromatic heterocycles. The lowest BCUT2D eigenvalue weighted by molar-refractivity contribution is 0.281. The Bertz CT molecular complexity index is 758. The molecule has 2 aromatic rings. The zero-order valence-electron chi connectivity index (χ0n) is 11.1. The molecule has 0 aliphatic carbocycles. The van der Waals surface area contributed by atoms with Gasteiger partial charge in [-0.25, -0.2) is 12.8 Å². The van der Waals surface area contributed by atoms with Crippen LogP contribution < -0.4 is 4.72 Å². The van der Waals surface area contributed by atoms with Crippen molar-refractivity contribution in [3.8, 4) is 0 Å². The summed E-state index contributed by atoms with van der Waals surface area (Å²) in [6.45, 7) is 1.42. The second-order valence-electron chi connectivity index (χ2n) is 4.46. The zero-order chi connectivity index (χ0) is 15.6. The number of rotatable bonds is 4. The summed E-state index contributed by atoms with van der Waals surface area (Å²) >= 11 is 3.15. The van der Waals surface area contributed by atoms with Crippen molar-refractivity contribution in [3.63, 3.8) is 0 Å². The van der Waals surface area contributed by atoms with E-state index in [2.05, 4.69) is 20.7 Å². The van der Waals surface area contributed by atoms with Crippen molar-refractivity contribution in [2.45, 2.75) is 18.4 Å². The van der Waals surface area contributed by atoms with E-state index in [9.17, 15) is 12.8 Å². The van der Waals surface area contributed by atoms with E-state index in [0.29, 0.717) is 15.6 Å². The van der Waals surface area contributed by atoms with Gasteiger partial charge in [-0.3, -0.25) is 4.72 Å². The molecule has 0 unspecified atom stereocenters. The Balaban J connectivity index is 2.44. The van der Waals surface area contributed by atoms with Gasteiger partial charge in [0.25, 0.3) is 10.0 Å². The number of hydrogen-bond acceptors (Lipinski definition) is 3. The molecule has 0 amide bonds. The fourth-order valence-corrected chi connectivity index (χ4v) is 4.08. The molecule has 0 saturated heterocycles. The van der Waals surface area contributed by atoms with Crippen molar-refractivity contribution in [1.29, 1.82) is 0 Å². The van der Waals surface area contributed by atoms with Gasteiger partial charge in [0.05, 0.1) is 12.3 Å². The molecule has 0 heterocycles. The quantitative estimate of drug-likeness (QED) is 0.864. The van der Waals surface area contributed by atoms with E-state index >= 15 is 0 Å². The fourth-order valence-electron chi connectivity index (χ4n) is 1.81. The number of benzene rings is 2. The summed E-state index contributed by atoms with van der Waals surface area (Å²) in [5, 5.41) is 9.03. The number of nitrogens with one attached hydrogen (secondary N) is 1. The number of anilines is 1. The van der Waals surface area contributed by atoms with Crippen molar-refractivity contribution in [1.82, 2.24) is 0 Å². The number of hydrogen-bond donors (Lipinski definition) is 2. The molecule has 0 spiro atoms. The molecule has 112 valence electrons. The van der Waals surface area contributed by atoms with Crippen LogP contribution in [0.4, 0.5) is 10.1 Å². The molecule has 7 heteroatoms. The molecule has 0 saturated carbocycles. The molecule has 0 aliphatic heterocycles. The second-order valence-corrected chi connectivity index (χ2v) is 6.97. The monoisotopic (exact) mass is 373 g/mol. The van der Waals surface area contributed by atoms with Gasteiger partial charge in [0.1, 0.15) is 10.7 Å². The van der Waals surface area contributed by atoms with Crippen LogP contribution in [0.2, 0.25) is 0 Å². The van der Waals surface area contributed by atoms with E-state index < -0.39 is 15.8 Å². The average molecular weight is 374 g/mol. The molecule has 21 heavy (non-hydrogen) atoms. The minimum Gasteiger partial charge on any atom is -0.392 e. The summed E-state index contributed by atoms with van der Waals surface area (Å²) in [4.78, 5) is -0.0256. The van der Waals surface area contributed by atoms with E-state index in [-0.39, 0.29) is 17.2 Å². The highest BCUT2D eigenvalue weighted by atomic mass is 79.9. The van der Waals surface area contributed by atoms with E-state index in [4.69, 9.17) is 5.11 Å². The van der Waals surface area contributed by atoms with Gasteiger partial charge in [0, 0.05) is 4.47 Å². The molecule has 0 bridgehead atoms. The predicted octanol–water partition coefficient (Wildman–Crippen LogP) is 3.19. The Morgan fingerprint density at radius 2 is 2.00 bits per heavy atom. The lowest BCUT2D eigenvalue weighted by Gasteiger charge is -2.13. The van der Waals surface area contributed by atoms with Crippen LogP contribution in [0.1, 0.15) is 11.1 Å². The van der Waals surface area contributed by atoms with Gasteiger partial charge in [-0.2, -0.15) is 0 Å². The summed E-state index contributed by atoms with van der Waals surface area (Å²) in [6.07, 6.45) is 0. The van der Waals surface area contributed by atoms with Crippen LogP contribution in [-0.4, -0.2) is 13.5 Å². The molecule has 0 fully saturated rings. The Kier molecular flexibility index (Phi) is 4.65. The highest BCUT2D eigenvalue weighted by molar-refractivity contribution is 9.10. The fraction of sp³-hybridized carbons (Fsp3) is 0.143. The van der Waals surface area contributed by atoms with Crippen LogP contribution in [0.5, 0.6) is 0 Å². The first kappa shape index (κ1) is 15.9. The maximum atomic E-state index is 13.7. The molecule has 2 N–H and O–H groups in total. The largest absolute Gasteiger partial charge is 0.392 e. The van der Waals surface area contributed by atoms with Gasteiger partial charge in [0.2, 0.25) is 0 Å². The highest BCUT2D eigenvalue weighted by Crippen LogP contribution is 2.27. The van der Waals surface area contributed by atoms with Gasteiger partial charge in [0.15, 0.2) is 0 Å². The first-order chi connectivity index (χ1) is 9.85. The SMILES string of the molecule is Cc1cccc(F)c1NS(=O)(=O)c1ccc(CO)cc1Br. The van der Waals surface area contributed by atoms with Crippen molar-refractivity contribution < 1.29 is 17.9 Å². The van der Waals surface area contributed by atoms with E-state index in [0.717, 1.165) is 0 Å². The van der Waals surface area contributed by atoms with Crippen LogP contribution in [-0.2, 0) is 16.6 Å². The molecule has 2 rings (SSSR count). The smallest absolute Gasteiger partial charge is 0.263 e. The molecule has 0 aliphatic rings. The van der Waals surface area contributed by atoms with E-state index in [1.54, 1.807) is 13.0 Å². The third-order valence-electron chi connectivity index (χ3n) is 2.93. The Labute approximate surface area is 130 Å². The third-order valence-corrected chi connectivity index (χ3v) is 5.25. The van der Waals surface area contributed by atoms with Crippen molar-refractivity contribution >= 4 is 31.6 Å². The van der Waals surface area contributed by atoms with Crippen LogP contribution in [0.3, 0.4) is 0 Å². The summed E-state index contributed by atoms with van der Waals surface area (Å²) < 4.78 is 41.0. The first-order valence-corrected chi connectivity index (χ1v) is 8.30. The number of sulfonamides is 1. The van der Waals surface area contributed by atoms with Crippen molar-refractivity contribution in [2.75, 3.05) is 4.72 Å². The minimum atomic E-state index is -3.93. The third kappa shape index (κ3) is 3.42. The topological polar surface area (TPSA) is 66.4 Å². The molecular weight excluding hydrogens is 361 g/mol. The Morgan fingerprint density at radius 1 is 1.29 bits per heavy atom. The van der Waals surface area contributed by atoms with Crippen molar-refractivity contribution in [3.05, 3.63) is 57.8 Å². The molecule has 0 atom stereocenters. The maximum Gasteiger partial charge on any atom is 0.263 e. The lowest BCUT2D eigenvalue weighted by Crippen LogP contribution is -2.15. The first-order valence-electron chi connectivity index (χ1n) is 6.02. The van der Waals surface area contributed by atoms with Gasteiger partial charge in [-0.15, -0.1) is 0 Å². The van der Waals surface area contributed by atoms with Gasteiger partial charge >= 0.3 is 0 Å². The number of aliphatic hydroxyl groups is 1. The number of aliphatic hydroxyl groups excluding tert-OH is 1. The second kappa shape index (κ2) is 6.13. The number of para-hydroxylation sites is 1.